The van der Waals surface area contributed by atoms with Crippen LogP contribution in [-0.4, -0.2) is 11.2 Å². The first kappa shape index (κ1) is 9.81. The molecule has 0 saturated carbocycles. The first-order valence-corrected chi connectivity index (χ1v) is 3.98. The van der Waals surface area contributed by atoms with Gasteiger partial charge in [-0.15, -0.1) is 0 Å². The van der Waals surface area contributed by atoms with Crippen molar-refractivity contribution in [1.82, 2.24) is 0 Å². The number of halogens is 1. The Morgan fingerprint density at radius 3 is 2.70 bits per heavy atom. The fraction of sp³-hybridized carbons (Fsp3) is 0.750. The van der Waals surface area contributed by atoms with Crippen LogP contribution in [0.5, 0.6) is 0 Å². The van der Waals surface area contributed by atoms with Crippen molar-refractivity contribution in [3.05, 3.63) is 0 Å². The van der Waals surface area contributed by atoms with E-state index < -0.39 is 6.10 Å². The second-order valence-corrected chi connectivity index (χ2v) is 2.44. The van der Waals surface area contributed by atoms with Crippen LogP contribution in [0, 0.1) is 11.3 Å². The van der Waals surface area contributed by atoms with E-state index >= 15 is 0 Å². The van der Waals surface area contributed by atoms with Gasteiger partial charge in [0.05, 0.1) is 0 Å². The molecule has 0 aliphatic carbocycles. The third kappa shape index (κ3) is 5.94. The first-order valence-electron chi connectivity index (χ1n) is 3.60. The molecule has 1 atom stereocenters. The third-order valence-electron chi connectivity index (χ3n) is 1.30. The molecule has 1 N–H and O–H groups in total. The van der Waals surface area contributed by atoms with E-state index in [2.05, 4.69) is 18.2 Å². The van der Waals surface area contributed by atoms with Gasteiger partial charge in [0.2, 0.25) is 0 Å². The summed E-state index contributed by atoms with van der Waals surface area (Å²) in [6.07, 6.45) is 3.57. The van der Waals surface area contributed by atoms with Gasteiger partial charge in [-0.25, -0.2) is 0 Å². The van der Waals surface area contributed by atoms with Crippen molar-refractivity contribution in [2.75, 3.05) is 0 Å². The molecule has 0 spiro atoms. The highest BCUT2D eigenvalue weighted by molar-refractivity contribution is 6.30. The molecule has 0 aromatic carbocycles. The Bertz CT molecular complexity index is 123. The number of hydrogen-bond donors (Lipinski definition) is 1. The van der Waals surface area contributed by atoms with Gasteiger partial charge in [-0.1, -0.05) is 25.7 Å². The van der Waals surface area contributed by atoms with Gasteiger partial charge in [0, 0.05) is 5.38 Å². The van der Waals surface area contributed by atoms with Crippen molar-refractivity contribution >= 4 is 11.6 Å². The Balaban J connectivity index is 3.18. The predicted octanol–water partition coefficient (Wildman–Crippen LogP) is 2.13. The monoisotopic (exact) mass is 160 g/mol. The van der Waals surface area contributed by atoms with Gasteiger partial charge >= 0.3 is 0 Å². The summed E-state index contributed by atoms with van der Waals surface area (Å²) in [5, 5.41) is 11.2. The van der Waals surface area contributed by atoms with Crippen molar-refractivity contribution in [3.63, 3.8) is 0 Å². The van der Waals surface area contributed by atoms with E-state index in [0.717, 1.165) is 19.3 Å². The van der Waals surface area contributed by atoms with E-state index in [4.69, 9.17) is 16.7 Å². The fourth-order valence-electron chi connectivity index (χ4n) is 0.723. The molecule has 2 heteroatoms. The molecule has 0 saturated heterocycles. The maximum absolute atomic E-state index is 9.02. The molecule has 0 aromatic rings. The van der Waals surface area contributed by atoms with Crippen molar-refractivity contribution in [2.45, 2.75) is 38.7 Å². The minimum Gasteiger partial charge on any atom is -0.380 e. The van der Waals surface area contributed by atoms with Crippen LogP contribution in [0.2, 0.25) is 0 Å². The maximum atomic E-state index is 9.02. The van der Waals surface area contributed by atoms with Gasteiger partial charge in [-0.2, -0.15) is 0 Å². The van der Waals surface area contributed by atoms with Crippen molar-refractivity contribution in [1.29, 1.82) is 0 Å². The lowest BCUT2D eigenvalue weighted by atomic mass is 10.1. The summed E-state index contributed by atoms with van der Waals surface area (Å²) in [4.78, 5) is 0. The van der Waals surface area contributed by atoms with Gasteiger partial charge in [-0.05, 0) is 24.4 Å². The lowest BCUT2D eigenvalue weighted by molar-refractivity contribution is 0.217. The predicted molar refractivity (Wildman–Crippen MR) is 43.8 cm³/mol. The highest BCUT2D eigenvalue weighted by atomic mass is 35.5. The Morgan fingerprint density at radius 2 is 2.20 bits per heavy atom. The Hall–Kier alpha value is -0.190. The van der Waals surface area contributed by atoms with E-state index in [-0.39, 0.29) is 0 Å². The quantitative estimate of drug-likeness (QED) is 0.494. The van der Waals surface area contributed by atoms with Crippen LogP contribution < -0.4 is 0 Å². The molecular weight excluding hydrogens is 148 g/mol. The number of aliphatic hydroxyl groups is 1. The van der Waals surface area contributed by atoms with Gasteiger partial charge in [0.1, 0.15) is 6.10 Å². The smallest absolute Gasteiger partial charge is 0.116 e. The molecule has 1 unspecified atom stereocenters. The molecule has 0 fully saturated rings. The molecule has 0 amide bonds. The molecule has 0 heterocycles. The van der Waals surface area contributed by atoms with Gasteiger partial charge in [0.15, 0.2) is 0 Å². The molecule has 0 aliphatic rings. The molecule has 0 radical (unpaired) electrons. The molecule has 58 valence electrons. The summed E-state index contributed by atoms with van der Waals surface area (Å²) in [7, 11) is 0. The Morgan fingerprint density at radius 1 is 1.50 bits per heavy atom. The maximum Gasteiger partial charge on any atom is 0.116 e. The average molecular weight is 161 g/mol. The zero-order chi connectivity index (χ0) is 7.82. The summed E-state index contributed by atoms with van der Waals surface area (Å²) in [6.45, 7) is 2.12. The van der Waals surface area contributed by atoms with Crippen LogP contribution in [0.3, 0.4) is 0 Å². The Labute approximate surface area is 67.4 Å². The lowest BCUT2D eigenvalue weighted by Gasteiger charge is -1.99. The number of rotatable bonds is 4. The highest BCUT2D eigenvalue weighted by Crippen LogP contribution is 2.01. The normalized spacial score (nSPS) is 11.9. The zero-order valence-corrected chi connectivity index (χ0v) is 6.99. The largest absolute Gasteiger partial charge is 0.380 e. The van der Waals surface area contributed by atoms with Gasteiger partial charge < -0.3 is 5.11 Å². The van der Waals surface area contributed by atoms with Crippen molar-refractivity contribution in [3.8, 4) is 11.3 Å². The molecule has 0 bridgehead atoms. The second-order valence-electron chi connectivity index (χ2n) is 2.25. The van der Waals surface area contributed by atoms with E-state index in [9.17, 15) is 0 Å². The molecule has 0 aromatic heterocycles. The van der Waals surface area contributed by atoms with Gasteiger partial charge in [0.25, 0.3) is 0 Å². The van der Waals surface area contributed by atoms with E-state index in [1.165, 1.54) is 6.42 Å². The lowest BCUT2D eigenvalue weighted by Crippen LogP contribution is -2.01. The second kappa shape index (κ2) is 6.92. The minimum absolute atomic E-state index is 0.524. The number of hydrogen-bond acceptors (Lipinski definition) is 1. The summed E-state index contributed by atoms with van der Waals surface area (Å²) in [5.41, 5.74) is 0. The molecular formula is C8H13ClO. The van der Waals surface area contributed by atoms with E-state index in [1.807, 2.05) is 0 Å². The van der Waals surface area contributed by atoms with Crippen LogP contribution in [0.25, 0.3) is 0 Å². The van der Waals surface area contributed by atoms with Crippen molar-refractivity contribution < 1.29 is 5.11 Å². The van der Waals surface area contributed by atoms with Crippen LogP contribution in [0.15, 0.2) is 0 Å². The summed E-state index contributed by atoms with van der Waals surface area (Å²) in [6, 6.07) is 0. The standard InChI is InChI=1S/C8H13ClO/c1-2-3-4-5-8(10)6-7-9/h8,10H,2-5H2,1H3. The van der Waals surface area contributed by atoms with E-state index in [1.54, 1.807) is 0 Å². The molecule has 10 heavy (non-hydrogen) atoms. The van der Waals surface area contributed by atoms with Crippen molar-refractivity contribution in [2.24, 2.45) is 0 Å². The first-order chi connectivity index (χ1) is 4.81. The SMILES string of the molecule is CCCCCC(O)C#CCl. The summed E-state index contributed by atoms with van der Waals surface area (Å²) in [5.74, 6) is 2.48. The molecule has 0 aliphatic heterocycles. The van der Waals surface area contributed by atoms with Crippen LogP contribution in [-0.2, 0) is 0 Å². The third-order valence-corrected chi connectivity index (χ3v) is 1.41. The zero-order valence-electron chi connectivity index (χ0n) is 6.23. The van der Waals surface area contributed by atoms with Crippen LogP contribution >= 0.6 is 11.6 Å². The summed E-state index contributed by atoms with van der Waals surface area (Å²) >= 11 is 5.09. The highest BCUT2D eigenvalue weighted by Gasteiger charge is 1.96. The molecule has 0 rings (SSSR count). The van der Waals surface area contributed by atoms with Crippen LogP contribution in [0.4, 0.5) is 0 Å². The number of aliphatic hydroxyl groups excluding tert-OH is 1. The fourth-order valence-corrected chi connectivity index (χ4v) is 0.849. The summed E-state index contributed by atoms with van der Waals surface area (Å²) < 4.78 is 0. The number of unbranched alkanes of at least 4 members (excludes halogenated alkanes) is 2. The topological polar surface area (TPSA) is 20.2 Å². The Kier molecular flexibility index (Phi) is 6.79. The average Bonchev–Trinajstić information content (AvgIpc) is 1.89. The minimum atomic E-state index is -0.524. The molecule has 1 nitrogen and oxygen atoms in total. The van der Waals surface area contributed by atoms with Gasteiger partial charge in [-0.3, -0.25) is 0 Å². The van der Waals surface area contributed by atoms with E-state index in [0.29, 0.717) is 0 Å². The van der Waals surface area contributed by atoms with Crippen LogP contribution in [0.1, 0.15) is 32.6 Å².